The van der Waals surface area contributed by atoms with Crippen molar-refractivity contribution < 1.29 is 14.3 Å². The second-order valence-electron chi connectivity index (χ2n) is 5.71. The zero-order chi connectivity index (χ0) is 14.3. The second-order valence-corrected chi connectivity index (χ2v) is 5.71. The lowest BCUT2D eigenvalue weighted by atomic mass is 9.93. The lowest BCUT2D eigenvalue weighted by Crippen LogP contribution is -2.12. The van der Waals surface area contributed by atoms with Gasteiger partial charge in [-0.1, -0.05) is 39.2 Å². The minimum atomic E-state index is -0.116. The van der Waals surface area contributed by atoms with Crippen LogP contribution in [0.4, 0.5) is 0 Å². The minimum Gasteiger partial charge on any atom is -0.469 e. The third-order valence-electron chi connectivity index (χ3n) is 3.88. The van der Waals surface area contributed by atoms with Gasteiger partial charge in [0, 0.05) is 6.42 Å². The molecule has 108 valence electrons. The molecule has 1 aliphatic rings. The maximum absolute atomic E-state index is 11.5. The van der Waals surface area contributed by atoms with Gasteiger partial charge in [0.25, 0.3) is 0 Å². The van der Waals surface area contributed by atoms with Crippen LogP contribution in [0, 0.1) is 11.8 Å². The summed E-state index contributed by atoms with van der Waals surface area (Å²) in [4.78, 5) is 22.8. The SMILES string of the molecule is COC(=O)C(C)CCCCC(C)CC1=CCCC1=O. The van der Waals surface area contributed by atoms with E-state index in [0.29, 0.717) is 18.1 Å². The number of hydrogen-bond donors (Lipinski definition) is 0. The van der Waals surface area contributed by atoms with Gasteiger partial charge < -0.3 is 4.74 Å². The number of hydrogen-bond acceptors (Lipinski definition) is 3. The van der Waals surface area contributed by atoms with E-state index in [-0.39, 0.29) is 11.9 Å². The molecule has 0 aromatic rings. The van der Waals surface area contributed by atoms with E-state index >= 15 is 0 Å². The Bertz CT molecular complexity index is 344. The normalized spacial score (nSPS) is 18.1. The molecule has 1 rings (SSSR count). The molecule has 0 fully saturated rings. The lowest BCUT2D eigenvalue weighted by molar-refractivity contribution is -0.145. The number of methoxy groups -OCH3 is 1. The fourth-order valence-corrected chi connectivity index (χ4v) is 2.59. The van der Waals surface area contributed by atoms with Gasteiger partial charge in [0.1, 0.15) is 0 Å². The first-order chi connectivity index (χ1) is 9.04. The summed E-state index contributed by atoms with van der Waals surface area (Å²) >= 11 is 0. The Kier molecular flexibility index (Phi) is 6.82. The highest BCUT2D eigenvalue weighted by Crippen LogP contribution is 2.24. The molecule has 19 heavy (non-hydrogen) atoms. The van der Waals surface area contributed by atoms with E-state index in [0.717, 1.165) is 44.1 Å². The van der Waals surface area contributed by atoms with E-state index in [4.69, 9.17) is 4.74 Å². The molecular formula is C16H26O3. The molecule has 3 nitrogen and oxygen atoms in total. The molecular weight excluding hydrogens is 240 g/mol. The van der Waals surface area contributed by atoms with E-state index in [1.54, 1.807) is 0 Å². The van der Waals surface area contributed by atoms with Crippen molar-refractivity contribution in [2.45, 2.75) is 58.8 Å². The van der Waals surface area contributed by atoms with Gasteiger partial charge in [0.15, 0.2) is 5.78 Å². The summed E-state index contributed by atoms with van der Waals surface area (Å²) in [6.07, 6.45) is 8.83. The first-order valence-electron chi connectivity index (χ1n) is 7.34. The van der Waals surface area contributed by atoms with Gasteiger partial charge in [0.2, 0.25) is 0 Å². The number of Topliss-reactive ketones (excluding diaryl/α,β-unsaturated/α-hetero) is 1. The number of ether oxygens (including phenoxy) is 1. The van der Waals surface area contributed by atoms with E-state index < -0.39 is 0 Å². The fourth-order valence-electron chi connectivity index (χ4n) is 2.59. The molecule has 0 heterocycles. The van der Waals surface area contributed by atoms with Crippen molar-refractivity contribution >= 4 is 11.8 Å². The monoisotopic (exact) mass is 266 g/mol. The van der Waals surface area contributed by atoms with Gasteiger partial charge in [0.05, 0.1) is 13.0 Å². The molecule has 0 radical (unpaired) electrons. The first-order valence-corrected chi connectivity index (χ1v) is 7.34. The highest BCUT2D eigenvalue weighted by atomic mass is 16.5. The number of esters is 1. The molecule has 2 unspecified atom stereocenters. The number of unbranched alkanes of at least 4 members (excludes halogenated alkanes) is 1. The molecule has 0 aromatic carbocycles. The maximum Gasteiger partial charge on any atom is 0.308 e. The Morgan fingerprint density at radius 1 is 1.32 bits per heavy atom. The van der Waals surface area contributed by atoms with Crippen LogP contribution in [0.3, 0.4) is 0 Å². The van der Waals surface area contributed by atoms with E-state index in [1.165, 1.54) is 7.11 Å². The molecule has 0 aliphatic heterocycles. The Hall–Kier alpha value is -1.12. The Labute approximate surface area is 116 Å². The maximum atomic E-state index is 11.5. The van der Waals surface area contributed by atoms with Gasteiger partial charge >= 0.3 is 5.97 Å². The molecule has 0 spiro atoms. The number of ketones is 1. The molecule has 2 atom stereocenters. The first kappa shape index (κ1) is 15.9. The molecule has 0 saturated heterocycles. The minimum absolute atomic E-state index is 0.000533. The van der Waals surface area contributed by atoms with Gasteiger partial charge in [-0.05, 0) is 30.8 Å². The summed E-state index contributed by atoms with van der Waals surface area (Å²) in [5.41, 5.74) is 1.04. The van der Waals surface area contributed by atoms with Crippen LogP contribution in [0.2, 0.25) is 0 Å². The summed E-state index contributed by atoms with van der Waals surface area (Å²) in [5.74, 6) is 0.780. The van der Waals surface area contributed by atoms with Crippen LogP contribution in [-0.2, 0) is 14.3 Å². The molecule has 0 saturated carbocycles. The van der Waals surface area contributed by atoms with Crippen molar-refractivity contribution in [3.8, 4) is 0 Å². The van der Waals surface area contributed by atoms with Gasteiger partial charge in [-0.25, -0.2) is 0 Å². The van der Waals surface area contributed by atoms with Gasteiger partial charge in [-0.15, -0.1) is 0 Å². The van der Waals surface area contributed by atoms with Crippen LogP contribution < -0.4 is 0 Å². The van der Waals surface area contributed by atoms with Crippen molar-refractivity contribution in [3.63, 3.8) is 0 Å². The highest BCUT2D eigenvalue weighted by molar-refractivity contribution is 5.97. The number of carbonyl (C=O) groups excluding carboxylic acids is 2. The van der Waals surface area contributed by atoms with E-state index in [9.17, 15) is 9.59 Å². The highest BCUT2D eigenvalue weighted by Gasteiger charge is 2.17. The van der Waals surface area contributed by atoms with Crippen molar-refractivity contribution in [2.75, 3.05) is 7.11 Å². The lowest BCUT2D eigenvalue weighted by Gasteiger charge is -2.12. The summed E-state index contributed by atoms with van der Waals surface area (Å²) < 4.78 is 4.71. The van der Waals surface area contributed by atoms with E-state index in [2.05, 4.69) is 13.0 Å². The fraction of sp³-hybridized carbons (Fsp3) is 0.750. The van der Waals surface area contributed by atoms with Crippen LogP contribution in [0.5, 0.6) is 0 Å². The van der Waals surface area contributed by atoms with Crippen molar-refractivity contribution in [3.05, 3.63) is 11.6 Å². The van der Waals surface area contributed by atoms with Crippen LogP contribution in [0.1, 0.15) is 58.8 Å². The number of allylic oxidation sites excluding steroid dienone is 2. The Balaban J connectivity index is 2.12. The second kappa shape index (κ2) is 8.13. The molecule has 0 N–H and O–H groups in total. The summed E-state index contributed by atoms with van der Waals surface area (Å²) in [7, 11) is 1.44. The van der Waals surface area contributed by atoms with Crippen LogP contribution in [0.15, 0.2) is 11.6 Å². The standard InChI is InChI=1S/C16H26O3/c1-12(11-14-9-6-10-15(14)17)7-4-5-8-13(2)16(18)19-3/h9,12-13H,4-8,10-11H2,1-3H3. The number of carbonyl (C=O) groups is 2. The average Bonchev–Trinajstić information content (AvgIpc) is 2.79. The van der Waals surface area contributed by atoms with E-state index in [1.807, 2.05) is 6.92 Å². The summed E-state index contributed by atoms with van der Waals surface area (Å²) in [6.45, 7) is 4.12. The molecule has 0 bridgehead atoms. The number of rotatable bonds is 8. The Morgan fingerprint density at radius 2 is 2.00 bits per heavy atom. The van der Waals surface area contributed by atoms with Crippen molar-refractivity contribution in [2.24, 2.45) is 11.8 Å². The molecule has 1 aliphatic carbocycles. The smallest absolute Gasteiger partial charge is 0.308 e. The quantitative estimate of drug-likeness (QED) is 0.497. The molecule has 0 amide bonds. The zero-order valence-corrected chi connectivity index (χ0v) is 12.4. The average molecular weight is 266 g/mol. The Morgan fingerprint density at radius 3 is 2.58 bits per heavy atom. The van der Waals surface area contributed by atoms with Crippen molar-refractivity contribution in [1.29, 1.82) is 0 Å². The summed E-state index contributed by atoms with van der Waals surface area (Å²) in [6, 6.07) is 0. The van der Waals surface area contributed by atoms with Crippen LogP contribution >= 0.6 is 0 Å². The summed E-state index contributed by atoms with van der Waals surface area (Å²) in [5, 5.41) is 0. The molecule has 3 heteroatoms. The third-order valence-corrected chi connectivity index (χ3v) is 3.88. The topological polar surface area (TPSA) is 43.4 Å². The third kappa shape index (κ3) is 5.58. The van der Waals surface area contributed by atoms with Crippen LogP contribution in [0.25, 0.3) is 0 Å². The predicted octanol–water partition coefficient (Wildman–Crippen LogP) is 3.67. The van der Waals surface area contributed by atoms with Crippen LogP contribution in [-0.4, -0.2) is 18.9 Å². The van der Waals surface area contributed by atoms with Gasteiger partial charge in [-0.3, -0.25) is 9.59 Å². The largest absolute Gasteiger partial charge is 0.469 e. The van der Waals surface area contributed by atoms with Gasteiger partial charge in [-0.2, -0.15) is 0 Å². The van der Waals surface area contributed by atoms with Crippen molar-refractivity contribution in [1.82, 2.24) is 0 Å². The predicted molar refractivity (Wildman–Crippen MR) is 75.8 cm³/mol. The zero-order valence-electron chi connectivity index (χ0n) is 12.4. The molecule has 0 aromatic heterocycles.